The first-order valence-electron chi connectivity index (χ1n) is 9.43. The van der Waals surface area contributed by atoms with Gasteiger partial charge in [0.05, 0.1) is 13.2 Å². The summed E-state index contributed by atoms with van der Waals surface area (Å²) in [4.78, 5) is 21.3. The maximum atomic E-state index is 12.8. The van der Waals surface area contributed by atoms with Crippen LogP contribution >= 0.6 is 0 Å². The molecule has 0 atom stereocenters. The summed E-state index contributed by atoms with van der Waals surface area (Å²) < 4.78 is 11.6. The van der Waals surface area contributed by atoms with Gasteiger partial charge < -0.3 is 19.3 Å². The van der Waals surface area contributed by atoms with Gasteiger partial charge in [0, 0.05) is 50.9 Å². The van der Waals surface area contributed by atoms with Gasteiger partial charge in [0.2, 0.25) is 0 Å². The van der Waals surface area contributed by atoms with Crippen LogP contribution in [0.15, 0.2) is 18.3 Å². The molecular formula is C19H27N3O3. The Labute approximate surface area is 149 Å². The predicted octanol–water partition coefficient (Wildman–Crippen LogP) is 2.30. The molecule has 25 heavy (non-hydrogen) atoms. The van der Waals surface area contributed by atoms with Gasteiger partial charge in [-0.25, -0.2) is 0 Å². The summed E-state index contributed by atoms with van der Waals surface area (Å²) in [5.74, 6) is 0.404. The van der Waals surface area contributed by atoms with Crippen molar-refractivity contribution in [3.63, 3.8) is 0 Å². The van der Waals surface area contributed by atoms with E-state index in [-0.39, 0.29) is 11.7 Å². The first kappa shape index (κ1) is 16.8. The monoisotopic (exact) mass is 345 g/mol. The Balaban J connectivity index is 1.42. The Morgan fingerprint density at radius 3 is 2.52 bits per heavy atom. The van der Waals surface area contributed by atoms with E-state index in [4.69, 9.17) is 9.47 Å². The lowest BCUT2D eigenvalue weighted by molar-refractivity contribution is -0.169. The molecule has 0 bridgehead atoms. The molecule has 0 N–H and O–H groups in total. The Kier molecular flexibility index (Phi) is 4.65. The quantitative estimate of drug-likeness (QED) is 0.823. The van der Waals surface area contributed by atoms with Crippen LogP contribution in [0.3, 0.4) is 0 Å². The van der Waals surface area contributed by atoms with E-state index in [9.17, 15) is 4.79 Å². The highest BCUT2D eigenvalue weighted by atomic mass is 16.7. The lowest BCUT2D eigenvalue weighted by Gasteiger charge is -2.38. The number of aromatic nitrogens is 1. The summed E-state index contributed by atoms with van der Waals surface area (Å²) in [5.41, 5.74) is 1.62. The molecule has 0 unspecified atom stereocenters. The van der Waals surface area contributed by atoms with Crippen LogP contribution in [-0.4, -0.2) is 61.0 Å². The van der Waals surface area contributed by atoms with Gasteiger partial charge >= 0.3 is 0 Å². The maximum Gasteiger partial charge on any atom is 0.272 e. The summed E-state index contributed by atoms with van der Waals surface area (Å²) >= 11 is 0. The molecule has 4 heterocycles. The van der Waals surface area contributed by atoms with E-state index in [2.05, 4.69) is 16.8 Å². The van der Waals surface area contributed by atoms with Gasteiger partial charge in [0.1, 0.15) is 5.69 Å². The highest BCUT2D eigenvalue weighted by Gasteiger charge is 2.39. The number of pyridine rings is 1. The number of rotatable bonds is 2. The van der Waals surface area contributed by atoms with E-state index in [0.717, 1.165) is 57.5 Å². The molecule has 1 spiro atoms. The van der Waals surface area contributed by atoms with Gasteiger partial charge in [-0.15, -0.1) is 0 Å². The molecule has 6 nitrogen and oxygen atoms in total. The number of hydrogen-bond donors (Lipinski definition) is 0. The minimum atomic E-state index is -0.368. The van der Waals surface area contributed by atoms with E-state index in [0.29, 0.717) is 24.8 Å². The lowest BCUT2D eigenvalue weighted by Crippen LogP contribution is -2.45. The number of likely N-dealkylation sites (tertiary alicyclic amines) is 1. The molecule has 4 rings (SSSR count). The number of carbonyl (C=O) groups is 1. The van der Waals surface area contributed by atoms with Crippen molar-refractivity contribution in [3.8, 4) is 0 Å². The fraction of sp³-hybridized carbons (Fsp3) is 0.684. The molecule has 0 radical (unpaired) electrons. The van der Waals surface area contributed by atoms with Gasteiger partial charge in [-0.2, -0.15) is 0 Å². The normalized spacial score (nSPS) is 24.0. The molecule has 136 valence electrons. The average Bonchev–Trinajstić information content (AvgIpc) is 3.10. The van der Waals surface area contributed by atoms with E-state index in [1.54, 1.807) is 6.20 Å². The fourth-order valence-electron chi connectivity index (χ4n) is 4.00. The highest BCUT2D eigenvalue weighted by molar-refractivity contribution is 5.93. The Bertz CT molecular complexity index is 612. The number of piperidine rings is 2. The van der Waals surface area contributed by atoms with Gasteiger partial charge in [-0.1, -0.05) is 6.92 Å². The van der Waals surface area contributed by atoms with Crippen molar-refractivity contribution in [2.45, 2.75) is 38.4 Å². The molecule has 1 amide bonds. The van der Waals surface area contributed by atoms with Crippen molar-refractivity contribution in [3.05, 3.63) is 24.0 Å². The number of hydrogen-bond acceptors (Lipinski definition) is 5. The molecule has 6 heteroatoms. The minimum absolute atomic E-state index is 0.0599. The van der Waals surface area contributed by atoms with E-state index >= 15 is 0 Å². The van der Waals surface area contributed by atoms with Crippen LogP contribution in [0, 0.1) is 5.92 Å². The zero-order chi connectivity index (χ0) is 17.3. The summed E-state index contributed by atoms with van der Waals surface area (Å²) in [5, 5.41) is 0. The molecule has 1 aromatic heterocycles. The van der Waals surface area contributed by atoms with Crippen LogP contribution in [0.4, 0.5) is 5.69 Å². The summed E-state index contributed by atoms with van der Waals surface area (Å²) in [7, 11) is 0. The third-order valence-corrected chi connectivity index (χ3v) is 5.74. The summed E-state index contributed by atoms with van der Waals surface area (Å²) in [6, 6.07) is 3.93. The Hall–Kier alpha value is -1.66. The van der Waals surface area contributed by atoms with Crippen LogP contribution in [0.2, 0.25) is 0 Å². The first-order chi connectivity index (χ1) is 12.2. The fourth-order valence-corrected chi connectivity index (χ4v) is 4.00. The largest absolute Gasteiger partial charge is 0.371 e. The standard InChI is InChI=1S/C19H27N3O3/c1-15-3-8-22(9-4-15)18(23)17-14-16(2-7-20-17)21-10-5-19(6-11-21)24-12-13-25-19/h2,7,14-15H,3-6,8-13H2,1H3. The maximum absolute atomic E-state index is 12.8. The van der Waals surface area contributed by atoms with Crippen molar-refractivity contribution in [1.29, 1.82) is 0 Å². The minimum Gasteiger partial charge on any atom is -0.371 e. The number of ether oxygens (including phenoxy) is 2. The van der Waals surface area contributed by atoms with Crippen molar-refractivity contribution in [2.24, 2.45) is 5.92 Å². The van der Waals surface area contributed by atoms with Crippen molar-refractivity contribution in [2.75, 3.05) is 44.3 Å². The molecule has 0 aromatic carbocycles. The van der Waals surface area contributed by atoms with Crippen molar-refractivity contribution >= 4 is 11.6 Å². The predicted molar refractivity (Wildman–Crippen MR) is 94.6 cm³/mol. The number of amides is 1. The molecule has 3 aliphatic rings. The van der Waals surface area contributed by atoms with Crippen molar-refractivity contribution < 1.29 is 14.3 Å². The average molecular weight is 345 g/mol. The third-order valence-electron chi connectivity index (χ3n) is 5.74. The zero-order valence-corrected chi connectivity index (χ0v) is 14.9. The van der Waals surface area contributed by atoms with Crippen LogP contribution in [0.5, 0.6) is 0 Å². The zero-order valence-electron chi connectivity index (χ0n) is 14.9. The van der Waals surface area contributed by atoms with Crippen LogP contribution in [0.25, 0.3) is 0 Å². The highest BCUT2D eigenvalue weighted by Crippen LogP contribution is 2.33. The topological polar surface area (TPSA) is 54.9 Å². The van der Waals surface area contributed by atoms with Crippen LogP contribution in [-0.2, 0) is 9.47 Å². The molecule has 0 saturated carbocycles. The second kappa shape index (κ2) is 6.92. The van der Waals surface area contributed by atoms with Gasteiger partial charge in [0.25, 0.3) is 5.91 Å². The lowest BCUT2D eigenvalue weighted by atomic mass is 9.99. The second-order valence-corrected chi connectivity index (χ2v) is 7.47. The molecular weight excluding hydrogens is 318 g/mol. The van der Waals surface area contributed by atoms with E-state index in [1.807, 2.05) is 17.0 Å². The number of nitrogens with zero attached hydrogens (tertiary/aromatic N) is 3. The number of carbonyl (C=O) groups excluding carboxylic acids is 1. The molecule has 1 aromatic rings. The van der Waals surface area contributed by atoms with E-state index in [1.165, 1.54) is 0 Å². The van der Waals surface area contributed by atoms with Crippen molar-refractivity contribution in [1.82, 2.24) is 9.88 Å². The molecule has 3 fully saturated rings. The molecule has 3 aliphatic heterocycles. The Morgan fingerprint density at radius 2 is 1.84 bits per heavy atom. The summed E-state index contributed by atoms with van der Waals surface area (Å²) in [6.45, 7) is 7.07. The van der Waals surface area contributed by atoms with Crippen LogP contribution in [0.1, 0.15) is 43.1 Å². The third kappa shape index (κ3) is 3.51. The van der Waals surface area contributed by atoms with Crippen LogP contribution < -0.4 is 4.90 Å². The first-order valence-corrected chi connectivity index (χ1v) is 9.43. The smallest absolute Gasteiger partial charge is 0.272 e. The number of anilines is 1. The van der Waals surface area contributed by atoms with E-state index < -0.39 is 0 Å². The van der Waals surface area contributed by atoms with Gasteiger partial charge in [0.15, 0.2) is 5.79 Å². The molecule has 0 aliphatic carbocycles. The van der Waals surface area contributed by atoms with Gasteiger partial charge in [-0.05, 0) is 30.9 Å². The van der Waals surface area contributed by atoms with Gasteiger partial charge in [-0.3, -0.25) is 9.78 Å². The Morgan fingerprint density at radius 1 is 1.16 bits per heavy atom. The SMILES string of the molecule is CC1CCN(C(=O)c2cc(N3CCC4(CC3)OCCO4)ccn2)CC1. The summed E-state index contributed by atoms with van der Waals surface area (Å²) in [6.07, 6.45) is 5.65. The molecule has 3 saturated heterocycles. The second-order valence-electron chi connectivity index (χ2n) is 7.47.